The van der Waals surface area contributed by atoms with Crippen molar-refractivity contribution in [3.63, 3.8) is 0 Å². The summed E-state index contributed by atoms with van der Waals surface area (Å²) >= 11 is -2.02. The molecule has 4 aromatic rings. The first kappa shape index (κ1) is 15.3. The Labute approximate surface area is 149 Å². The van der Waals surface area contributed by atoms with Crippen molar-refractivity contribution in [3.05, 3.63) is 72.3 Å². The van der Waals surface area contributed by atoms with Gasteiger partial charge in [0, 0.05) is 11.1 Å². The largest absolute Gasteiger partial charge is 0.417 e. The zero-order valence-electron chi connectivity index (χ0n) is 13.2. The van der Waals surface area contributed by atoms with Gasteiger partial charge in [-0.15, -0.1) is 0 Å². The number of benzene rings is 4. The van der Waals surface area contributed by atoms with Crippen molar-refractivity contribution in [1.82, 2.24) is 0 Å². The molecule has 1 aliphatic rings. The van der Waals surface area contributed by atoms with E-state index in [2.05, 4.69) is 0 Å². The van der Waals surface area contributed by atoms with E-state index in [0.29, 0.717) is 33.4 Å². The smallest absolute Gasteiger partial charge is 0.370 e. The Bertz CT molecular complexity index is 1140. The summed E-state index contributed by atoms with van der Waals surface area (Å²) in [5, 5.41) is 2.80. The van der Waals surface area contributed by atoms with Crippen LogP contribution in [0.25, 0.3) is 32.7 Å². The minimum atomic E-state index is -2.02. The van der Waals surface area contributed by atoms with Crippen LogP contribution in [0.5, 0.6) is 11.5 Å². The van der Waals surface area contributed by atoms with Gasteiger partial charge in [0.1, 0.15) is 11.6 Å². The lowest BCUT2D eigenvalue weighted by atomic mass is 9.92. The van der Waals surface area contributed by atoms with Gasteiger partial charge in [0.05, 0.1) is 0 Å². The summed E-state index contributed by atoms with van der Waals surface area (Å²) in [4.78, 5) is 0. The molecule has 0 spiro atoms. The van der Waals surface area contributed by atoms with Gasteiger partial charge in [0.2, 0.25) is 0 Å². The molecule has 0 atom stereocenters. The average Bonchev–Trinajstić information content (AvgIpc) is 2.76. The highest BCUT2D eigenvalue weighted by Crippen LogP contribution is 2.47. The average molecular weight is 368 g/mol. The van der Waals surface area contributed by atoms with Crippen molar-refractivity contribution in [2.24, 2.45) is 0 Å². The van der Waals surface area contributed by atoms with Crippen molar-refractivity contribution in [2.75, 3.05) is 0 Å². The Hall–Kier alpha value is -2.99. The van der Waals surface area contributed by atoms with Crippen LogP contribution in [0, 0.1) is 11.6 Å². The van der Waals surface area contributed by atoms with Crippen LogP contribution in [0.2, 0.25) is 0 Å². The van der Waals surface area contributed by atoms with Crippen LogP contribution >= 0.6 is 0 Å². The molecule has 0 saturated carbocycles. The lowest BCUT2D eigenvalue weighted by Crippen LogP contribution is -2.06. The predicted molar refractivity (Wildman–Crippen MR) is 96.2 cm³/mol. The fourth-order valence-corrected chi connectivity index (χ4v) is 3.98. The second-order valence-corrected chi connectivity index (χ2v) is 6.72. The fourth-order valence-electron chi connectivity index (χ4n) is 3.38. The van der Waals surface area contributed by atoms with Gasteiger partial charge in [-0.05, 0) is 57.9 Å². The van der Waals surface area contributed by atoms with Crippen molar-refractivity contribution >= 4 is 32.9 Å². The molecular weight excluding hydrogens is 358 g/mol. The van der Waals surface area contributed by atoms with Gasteiger partial charge >= 0.3 is 11.4 Å². The van der Waals surface area contributed by atoms with Crippen LogP contribution in [0.15, 0.2) is 60.7 Å². The summed E-state index contributed by atoms with van der Waals surface area (Å²) in [6, 6.07) is 15.5. The molecule has 0 unspecified atom stereocenters. The van der Waals surface area contributed by atoms with E-state index >= 15 is 0 Å². The lowest BCUT2D eigenvalue weighted by molar-refractivity contribution is 0.469. The summed E-state index contributed by atoms with van der Waals surface area (Å²) in [6.45, 7) is 0. The first-order valence-corrected chi connectivity index (χ1v) is 8.83. The molecule has 0 bridgehead atoms. The van der Waals surface area contributed by atoms with E-state index in [9.17, 15) is 13.0 Å². The lowest BCUT2D eigenvalue weighted by Gasteiger charge is -2.13. The highest BCUT2D eigenvalue weighted by atomic mass is 32.2. The summed E-state index contributed by atoms with van der Waals surface area (Å²) in [6.07, 6.45) is 0. The Morgan fingerprint density at radius 3 is 1.58 bits per heavy atom. The van der Waals surface area contributed by atoms with Crippen molar-refractivity contribution in [2.45, 2.75) is 0 Å². The van der Waals surface area contributed by atoms with Gasteiger partial charge in [-0.25, -0.2) is 8.78 Å². The quantitative estimate of drug-likeness (QED) is 0.423. The normalized spacial score (nSPS) is 13.6. The Balaban J connectivity index is 1.98. The zero-order chi connectivity index (χ0) is 17.8. The van der Waals surface area contributed by atoms with Gasteiger partial charge in [-0.1, -0.05) is 24.3 Å². The van der Waals surface area contributed by atoms with Crippen molar-refractivity contribution in [3.8, 4) is 22.6 Å². The third-order valence-corrected chi connectivity index (χ3v) is 5.08. The fraction of sp³-hybridized carbons (Fsp3) is 0. The number of fused-ring (bicyclic) bond motifs is 7. The molecule has 0 N–H and O–H groups in total. The summed E-state index contributed by atoms with van der Waals surface area (Å²) in [7, 11) is 0. The zero-order valence-corrected chi connectivity index (χ0v) is 14.0. The predicted octanol–water partition coefficient (Wildman–Crippen LogP) is 5.29. The molecule has 0 radical (unpaired) electrons. The van der Waals surface area contributed by atoms with E-state index in [1.165, 1.54) is 24.3 Å². The van der Waals surface area contributed by atoms with E-state index in [0.717, 1.165) is 10.8 Å². The summed E-state index contributed by atoms with van der Waals surface area (Å²) < 4.78 is 50.3. The van der Waals surface area contributed by atoms with Crippen LogP contribution in [0.3, 0.4) is 0 Å². The van der Waals surface area contributed by atoms with Gasteiger partial charge in [0.25, 0.3) is 0 Å². The number of rotatable bonds is 0. The van der Waals surface area contributed by atoms with Gasteiger partial charge in [-0.3, -0.25) is 0 Å². The highest BCUT2D eigenvalue weighted by Gasteiger charge is 2.25. The van der Waals surface area contributed by atoms with Crippen LogP contribution in [0.4, 0.5) is 8.78 Å². The summed E-state index contributed by atoms with van der Waals surface area (Å²) in [5.41, 5.74) is 1.28. The molecule has 1 aliphatic heterocycles. The molecule has 0 aliphatic carbocycles. The van der Waals surface area contributed by atoms with Crippen LogP contribution in [-0.2, 0) is 11.4 Å². The molecule has 4 aromatic carbocycles. The Morgan fingerprint density at radius 2 is 1.12 bits per heavy atom. The standard InChI is InChI=1S/C20H10F2O3S/c21-13-3-5-15-11(9-13)1-7-17-19(15)20-16-6-4-14(22)10-12(16)2-8-18(20)25-26(23)24-17/h1-10H. The number of hydrogen-bond donors (Lipinski definition) is 0. The Morgan fingerprint density at radius 1 is 0.654 bits per heavy atom. The first-order chi connectivity index (χ1) is 12.6. The molecule has 0 saturated heterocycles. The number of hydrogen-bond acceptors (Lipinski definition) is 3. The van der Waals surface area contributed by atoms with Gasteiger partial charge in [0.15, 0.2) is 11.5 Å². The topological polar surface area (TPSA) is 35.5 Å². The maximum Gasteiger partial charge on any atom is 0.417 e. The maximum absolute atomic E-state index is 13.7. The second kappa shape index (κ2) is 5.51. The third-order valence-electron chi connectivity index (χ3n) is 4.45. The summed E-state index contributed by atoms with van der Waals surface area (Å²) in [5.74, 6) is 0.00935. The molecule has 0 amide bonds. The van der Waals surface area contributed by atoms with E-state index in [4.69, 9.17) is 8.37 Å². The third kappa shape index (κ3) is 2.26. The van der Waals surface area contributed by atoms with E-state index in [1.54, 1.807) is 36.4 Å². The minimum absolute atomic E-state index is 0.355. The molecule has 5 rings (SSSR count). The molecule has 26 heavy (non-hydrogen) atoms. The minimum Gasteiger partial charge on any atom is -0.370 e. The molecular formula is C20H10F2O3S. The molecule has 1 heterocycles. The molecule has 3 nitrogen and oxygen atoms in total. The van der Waals surface area contributed by atoms with Crippen LogP contribution in [0.1, 0.15) is 0 Å². The monoisotopic (exact) mass is 368 g/mol. The molecule has 0 aromatic heterocycles. The molecule has 6 heteroatoms. The maximum atomic E-state index is 13.7. The van der Waals surface area contributed by atoms with Crippen molar-refractivity contribution in [1.29, 1.82) is 0 Å². The van der Waals surface area contributed by atoms with E-state index in [1.807, 2.05) is 0 Å². The molecule has 0 fully saturated rings. The van der Waals surface area contributed by atoms with Crippen molar-refractivity contribution < 1.29 is 21.4 Å². The van der Waals surface area contributed by atoms with Crippen LogP contribution < -0.4 is 8.37 Å². The van der Waals surface area contributed by atoms with Gasteiger partial charge in [-0.2, -0.15) is 4.21 Å². The first-order valence-electron chi connectivity index (χ1n) is 7.83. The van der Waals surface area contributed by atoms with E-state index in [-0.39, 0.29) is 11.6 Å². The number of halogens is 2. The van der Waals surface area contributed by atoms with Gasteiger partial charge < -0.3 is 8.37 Å². The SMILES string of the molecule is O=S1Oc2ccc3cc(F)ccc3c2-c2c(ccc3cc(F)ccc23)O1. The molecule has 128 valence electrons. The van der Waals surface area contributed by atoms with E-state index < -0.39 is 11.4 Å². The Kier molecular flexibility index (Phi) is 3.24. The second-order valence-electron chi connectivity index (χ2n) is 5.98. The van der Waals surface area contributed by atoms with Crippen LogP contribution in [-0.4, -0.2) is 4.21 Å². The highest BCUT2D eigenvalue weighted by molar-refractivity contribution is 7.76.